The van der Waals surface area contributed by atoms with Crippen LogP contribution in [0.1, 0.15) is 20.3 Å². The van der Waals surface area contributed by atoms with E-state index in [4.69, 9.17) is 5.11 Å². The second-order valence-electron chi connectivity index (χ2n) is 4.52. The predicted molar refractivity (Wildman–Crippen MR) is 67.5 cm³/mol. The molecule has 0 fully saturated rings. The molecule has 0 aromatic heterocycles. The molecular formula is C12H14F3NO4S. The highest BCUT2D eigenvalue weighted by Crippen LogP contribution is 2.21. The van der Waals surface area contributed by atoms with Crippen molar-refractivity contribution >= 4 is 16.0 Å². The van der Waals surface area contributed by atoms with E-state index in [-0.39, 0.29) is 12.1 Å². The zero-order valence-corrected chi connectivity index (χ0v) is 12.0. The summed E-state index contributed by atoms with van der Waals surface area (Å²) in [6.45, 7) is 3.10. The molecule has 2 atom stereocenters. The molecule has 0 aliphatic rings. The topological polar surface area (TPSA) is 83.5 Å². The van der Waals surface area contributed by atoms with Crippen molar-refractivity contribution < 1.29 is 31.5 Å². The molecule has 5 nitrogen and oxygen atoms in total. The molecule has 0 saturated carbocycles. The fourth-order valence-corrected chi connectivity index (χ4v) is 3.07. The molecule has 1 aromatic rings. The van der Waals surface area contributed by atoms with Gasteiger partial charge in [-0.25, -0.2) is 21.6 Å². The van der Waals surface area contributed by atoms with Gasteiger partial charge in [0.15, 0.2) is 4.90 Å². The second kappa shape index (κ2) is 6.44. The maximum Gasteiger partial charge on any atom is 0.322 e. The van der Waals surface area contributed by atoms with Crippen LogP contribution >= 0.6 is 0 Å². The number of carboxylic acids is 1. The van der Waals surface area contributed by atoms with Crippen LogP contribution in [0.25, 0.3) is 0 Å². The van der Waals surface area contributed by atoms with Gasteiger partial charge in [0, 0.05) is 12.1 Å². The first-order valence-electron chi connectivity index (χ1n) is 5.99. The zero-order valence-electron chi connectivity index (χ0n) is 11.2. The normalized spacial score (nSPS) is 14.7. The van der Waals surface area contributed by atoms with Gasteiger partial charge in [-0.05, 0) is 5.92 Å². The Morgan fingerprint density at radius 3 is 2.14 bits per heavy atom. The average Bonchev–Trinajstić information content (AvgIpc) is 2.33. The third-order valence-corrected chi connectivity index (χ3v) is 4.48. The Morgan fingerprint density at radius 1 is 1.29 bits per heavy atom. The lowest BCUT2D eigenvalue weighted by molar-refractivity contribution is -0.140. The molecule has 0 aliphatic carbocycles. The lowest BCUT2D eigenvalue weighted by Crippen LogP contribution is -2.45. The van der Waals surface area contributed by atoms with Gasteiger partial charge < -0.3 is 5.11 Å². The number of benzene rings is 1. The summed E-state index contributed by atoms with van der Waals surface area (Å²) in [4.78, 5) is 9.65. The summed E-state index contributed by atoms with van der Waals surface area (Å²) in [5, 5.41) is 8.99. The molecular weight excluding hydrogens is 311 g/mol. The number of carboxylic acid groups (broad SMARTS) is 1. The van der Waals surface area contributed by atoms with Crippen LogP contribution in [0.15, 0.2) is 17.0 Å². The van der Waals surface area contributed by atoms with Crippen LogP contribution in [0.3, 0.4) is 0 Å². The van der Waals surface area contributed by atoms with Crippen LogP contribution < -0.4 is 4.72 Å². The monoisotopic (exact) mass is 325 g/mol. The Labute approximate surface area is 119 Å². The average molecular weight is 325 g/mol. The van der Waals surface area contributed by atoms with Crippen molar-refractivity contribution in [2.75, 3.05) is 0 Å². The number of hydrogen-bond donors (Lipinski definition) is 2. The molecule has 0 aliphatic heterocycles. The van der Waals surface area contributed by atoms with Crippen LogP contribution in [0.5, 0.6) is 0 Å². The number of carbonyl (C=O) groups is 1. The van der Waals surface area contributed by atoms with E-state index in [0.29, 0.717) is 6.42 Å². The minimum absolute atomic E-state index is 0.205. The number of halogens is 3. The Kier molecular flexibility index (Phi) is 5.35. The Hall–Kier alpha value is -1.61. The van der Waals surface area contributed by atoms with Crippen LogP contribution in [-0.2, 0) is 14.8 Å². The maximum absolute atomic E-state index is 13.5. The Balaban J connectivity index is 3.26. The highest BCUT2D eigenvalue weighted by Gasteiger charge is 2.33. The number of sulfonamides is 1. The summed E-state index contributed by atoms with van der Waals surface area (Å²) in [6, 6.07) is -1.14. The fourth-order valence-electron chi connectivity index (χ4n) is 1.66. The van der Waals surface area contributed by atoms with E-state index in [9.17, 15) is 26.4 Å². The summed E-state index contributed by atoms with van der Waals surface area (Å²) in [5.74, 6) is -6.62. The third kappa shape index (κ3) is 3.94. The van der Waals surface area contributed by atoms with Crippen molar-refractivity contribution in [1.82, 2.24) is 4.72 Å². The summed E-state index contributed by atoms with van der Waals surface area (Å²) in [5.41, 5.74) is 0. The second-order valence-corrected chi connectivity index (χ2v) is 6.17. The first kappa shape index (κ1) is 17.4. The van der Waals surface area contributed by atoms with Gasteiger partial charge in [0.1, 0.15) is 23.5 Å². The van der Waals surface area contributed by atoms with E-state index < -0.39 is 50.3 Å². The van der Waals surface area contributed by atoms with Crippen molar-refractivity contribution in [3.8, 4) is 0 Å². The van der Waals surface area contributed by atoms with Crippen molar-refractivity contribution in [2.45, 2.75) is 31.2 Å². The molecule has 9 heteroatoms. The van der Waals surface area contributed by atoms with E-state index >= 15 is 0 Å². The minimum Gasteiger partial charge on any atom is -0.480 e. The first-order valence-corrected chi connectivity index (χ1v) is 7.48. The number of hydrogen-bond acceptors (Lipinski definition) is 3. The molecule has 0 bridgehead atoms. The lowest BCUT2D eigenvalue weighted by Gasteiger charge is -2.20. The molecule has 0 spiro atoms. The van der Waals surface area contributed by atoms with E-state index in [2.05, 4.69) is 0 Å². The first-order chi connectivity index (χ1) is 9.60. The van der Waals surface area contributed by atoms with Crippen LogP contribution in [0.2, 0.25) is 0 Å². The number of aliphatic carboxylic acids is 1. The van der Waals surface area contributed by atoms with E-state index in [1.807, 2.05) is 0 Å². The summed E-state index contributed by atoms with van der Waals surface area (Å²) in [7, 11) is -4.79. The van der Waals surface area contributed by atoms with E-state index in [1.165, 1.54) is 6.92 Å². The Bertz CT molecular complexity index is 625. The smallest absolute Gasteiger partial charge is 0.322 e. The standard InChI is InChI=1S/C12H14F3NO4S/c1-3-6(2)10(12(17)18)16-21(19,20)11-8(14)4-7(13)5-9(11)15/h4-6,10,16H,3H2,1-2H3,(H,17,18)/t6?,10-/m0/s1. The Morgan fingerprint density at radius 2 is 1.76 bits per heavy atom. The SMILES string of the molecule is CCC(C)[C@H](NS(=O)(=O)c1c(F)cc(F)cc1F)C(=O)O. The molecule has 118 valence electrons. The van der Waals surface area contributed by atoms with Gasteiger partial charge in [-0.3, -0.25) is 4.79 Å². The van der Waals surface area contributed by atoms with Crippen LogP contribution in [-0.4, -0.2) is 25.5 Å². The quantitative estimate of drug-likeness (QED) is 0.836. The van der Waals surface area contributed by atoms with Gasteiger partial charge in [0.2, 0.25) is 10.0 Å². The predicted octanol–water partition coefficient (Wildman–Crippen LogP) is 1.88. The molecule has 0 amide bonds. The van der Waals surface area contributed by atoms with Gasteiger partial charge in [0.25, 0.3) is 0 Å². The largest absolute Gasteiger partial charge is 0.480 e. The lowest BCUT2D eigenvalue weighted by atomic mass is 10.0. The van der Waals surface area contributed by atoms with Crippen LogP contribution in [0, 0.1) is 23.4 Å². The van der Waals surface area contributed by atoms with Crippen molar-refractivity contribution in [2.24, 2.45) is 5.92 Å². The van der Waals surface area contributed by atoms with Gasteiger partial charge >= 0.3 is 5.97 Å². The summed E-state index contributed by atoms with van der Waals surface area (Å²) in [6.07, 6.45) is 0.327. The molecule has 1 rings (SSSR count). The van der Waals surface area contributed by atoms with E-state index in [1.54, 1.807) is 11.6 Å². The zero-order chi connectivity index (χ0) is 16.4. The minimum atomic E-state index is -4.79. The third-order valence-electron chi connectivity index (χ3n) is 2.99. The molecule has 1 aromatic carbocycles. The van der Waals surface area contributed by atoms with Gasteiger partial charge in [-0.2, -0.15) is 4.72 Å². The molecule has 0 heterocycles. The molecule has 21 heavy (non-hydrogen) atoms. The van der Waals surface area contributed by atoms with Gasteiger partial charge in [0.05, 0.1) is 0 Å². The van der Waals surface area contributed by atoms with Crippen molar-refractivity contribution in [1.29, 1.82) is 0 Å². The number of rotatable bonds is 6. The van der Waals surface area contributed by atoms with E-state index in [0.717, 1.165) is 0 Å². The van der Waals surface area contributed by atoms with Crippen molar-refractivity contribution in [3.63, 3.8) is 0 Å². The molecule has 0 saturated heterocycles. The molecule has 0 radical (unpaired) electrons. The van der Waals surface area contributed by atoms with Crippen LogP contribution in [0.4, 0.5) is 13.2 Å². The fraction of sp³-hybridized carbons (Fsp3) is 0.417. The molecule has 2 N–H and O–H groups in total. The number of nitrogens with one attached hydrogen (secondary N) is 1. The molecule has 1 unspecified atom stereocenters. The summed E-state index contributed by atoms with van der Waals surface area (Å²) < 4.78 is 65.4. The highest BCUT2D eigenvalue weighted by molar-refractivity contribution is 7.89. The maximum atomic E-state index is 13.5. The highest BCUT2D eigenvalue weighted by atomic mass is 32.2. The van der Waals surface area contributed by atoms with Gasteiger partial charge in [-0.15, -0.1) is 0 Å². The van der Waals surface area contributed by atoms with Gasteiger partial charge in [-0.1, -0.05) is 20.3 Å². The summed E-state index contributed by atoms with van der Waals surface area (Å²) >= 11 is 0. The van der Waals surface area contributed by atoms with Crippen molar-refractivity contribution in [3.05, 3.63) is 29.6 Å².